The number of aryl methyl sites for hydroxylation is 1. The Morgan fingerprint density at radius 2 is 1.76 bits per heavy atom. The van der Waals surface area contributed by atoms with Crippen LogP contribution in [-0.4, -0.2) is 8.42 Å². The van der Waals surface area contributed by atoms with Crippen molar-refractivity contribution in [2.45, 2.75) is 44.4 Å². The highest BCUT2D eigenvalue weighted by molar-refractivity contribution is 7.95. The Bertz CT molecular complexity index is 469. The monoisotopic (exact) mass is 252 g/mol. The summed E-state index contributed by atoms with van der Waals surface area (Å²) in [6, 6.07) is 6.92. The molecule has 0 bridgehead atoms. The van der Waals surface area contributed by atoms with E-state index >= 15 is 0 Å². The average Bonchev–Trinajstić information content (AvgIpc) is 2.29. The van der Waals surface area contributed by atoms with E-state index in [0.29, 0.717) is 16.2 Å². The van der Waals surface area contributed by atoms with Crippen LogP contribution < -0.4 is 0 Å². The third-order valence-electron chi connectivity index (χ3n) is 2.77. The summed E-state index contributed by atoms with van der Waals surface area (Å²) < 4.78 is 24.3. The van der Waals surface area contributed by atoms with Gasteiger partial charge in [-0.25, -0.2) is 8.42 Å². The first-order chi connectivity index (χ1) is 7.98. The van der Waals surface area contributed by atoms with Gasteiger partial charge in [0.05, 0.1) is 4.90 Å². The molecule has 0 aliphatic carbocycles. The van der Waals surface area contributed by atoms with Crippen molar-refractivity contribution < 1.29 is 8.42 Å². The summed E-state index contributed by atoms with van der Waals surface area (Å²) >= 11 is 0. The van der Waals surface area contributed by atoms with E-state index in [-0.39, 0.29) is 0 Å². The van der Waals surface area contributed by atoms with Crippen LogP contribution in [0.25, 0.3) is 0 Å². The molecule has 1 rings (SSSR count). The second-order valence-electron chi connectivity index (χ2n) is 4.31. The van der Waals surface area contributed by atoms with Gasteiger partial charge >= 0.3 is 0 Å². The third kappa shape index (κ3) is 3.70. The van der Waals surface area contributed by atoms with E-state index in [1.54, 1.807) is 12.1 Å². The number of benzene rings is 1. The van der Waals surface area contributed by atoms with Crippen molar-refractivity contribution in [2.24, 2.45) is 0 Å². The average molecular weight is 252 g/mol. The molecular weight excluding hydrogens is 232 g/mol. The van der Waals surface area contributed by atoms with E-state index in [9.17, 15) is 8.42 Å². The number of hydrogen-bond acceptors (Lipinski definition) is 2. The molecule has 0 radical (unpaired) electrons. The molecular formula is C14H20O2S. The normalized spacial score (nSPS) is 11.4. The van der Waals surface area contributed by atoms with Crippen molar-refractivity contribution in [3.8, 4) is 0 Å². The van der Waals surface area contributed by atoms with Gasteiger partial charge in [0, 0.05) is 4.91 Å². The topological polar surface area (TPSA) is 34.1 Å². The zero-order valence-electron chi connectivity index (χ0n) is 10.6. The third-order valence-corrected chi connectivity index (χ3v) is 4.63. The van der Waals surface area contributed by atoms with Gasteiger partial charge in [0.2, 0.25) is 9.84 Å². The predicted molar refractivity (Wildman–Crippen MR) is 71.6 cm³/mol. The van der Waals surface area contributed by atoms with Crippen LogP contribution in [0, 0.1) is 6.92 Å². The Hall–Kier alpha value is -1.09. The van der Waals surface area contributed by atoms with Gasteiger partial charge in [-0.15, -0.1) is 0 Å². The smallest absolute Gasteiger partial charge is 0.202 e. The number of unbranched alkanes of at least 4 members (excludes halogenated alkanes) is 2. The highest BCUT2D eigenvalue weighted by atomic mass is 32.2. The lowest BCUT2D eigenvalue weighted by atomic mass is 10.2. The summed E-state index contributed by atoms with van der Waals surface area (Å²) in [4.78, 5) is 0.680. The van der Waals surface area contributed by atoms with Crippen molar-refractivity contribution in [3.63, 3.8) is 0 Å². The molecule has 2 nitrogen and oxygen atoms in total. The van der Waals surface area contributed by atoms with Crippen molar-refractivity contribution in [2.75, 3.05) is 0 Å². The first-order valence-corrected chi connectivity index (χ1v) is 7.46. The van der Waals surface area contributed by atoms with Crippen LogP contribution in [-0.2, 0) is 9.84 Å². The molecule has 0 N–H and O–H groups in total. The van der Waals surface area contributed by atoms with Gasteiger partial charge in [0.25, 0.3) is 0 Å². The second kappa shape index (κ2) is 6.01. The minimum Gasteiger partial charge on any atom is -0.219 e. The maximum Gasteiger partial charge on any atom is 0.202 e. The van der Waals surface area contributed by atoms with Gasteiger partial charge in [-0.1, -0.05) is 44.0 Å². The zero-order valence-corrected chi connectivity index (χ0v) is 11.4. The minimum atomic E-state index is -3.33. The van der Waals surface area contributed by atoms with Gasteiger partial charge in [0.1, 0.15) is 0 Å². The number of allylic oxidation sites excluding steroid dienone is 1. The van der Waals surface area contributed by atoms with Gasteiger partial charge in [-0.3, -0.25) is 0 Å². The molecule has 0 atom stereocenters. The fourth-order valence-corrected chi connectivity index (χ4v) is 2.83. The Kier molecular flexibility index (Phi) is 4.94. The lowest BCUT2D eigenvalue weighted by molar-refractivity contribution is 0.598. The summed E-state index contributed by atoms with van der Waals surface area (Å²) in [6.45, 7) is 7.74. The van der Waals surface area contributed by atoms with E-state index in [4.69, 9.17) is 0 Å². The Balaban J connectivity index is 2.80. The summed E-state index contributed by atoms with van der Waals surface area (Å²) in [6.07, 6.45) is 3.57. The van der Waals surface area contributed by atoms with Crippen LogP contribution in [0.1, 0.15) is 38.2 Å². The van der Waals surface area contributed by atoms with Crippen LogP contribution in [0.2, 0.25) is 0 Å². The highest BCUT2D eigenvalue weighted by Gasteiger charge is 2.17. The Morgan fingerprint density at radius 1 is 1.18 bits per heavy atom. The van der Waals surface area contributed by atoms with E-state index in [2.05, 4.69) is 13.5 Å². The fraction of sp³-hybridized carbons (Fsp3) is 0.429. The predicted octanol–water partition coefficient (Wildman–Crippen LogP) is 3.86. The first kappa shape index (κ1) is 14.0. The molecule has 0 aliphatic heterocycles. The van der Waals surface area contributed by atoms with Crippen LogP contribution in [0.3, 0.4) is 0 Å². The molecule has 0 aromatic heterocycles. The molecule has 0 fully saturated rings. The molecule has 17 heavy (non-hydrogen) atoms. The van der Waals surface area contributed by atoms with Gasteiger partial charge < -0.3 is 0 Å². The lowest BCUT2D eigenvalue weighted by Crippen LogP contribution is -2.04. The molecule has 1 aromatic rings. The highest BCUT2D eigenvalue weighted by Crippen LogP contribution is 2.22. The molecule has 0 spiro atoms. The van der Waals surface area contributed by atoms with Crippen LogP contribution in [0.5, 0.6) is 0 Å². The standard InChI is InChI=1S/C14H20O2S/c1-4-5-6-7-13(3)17(15,16)14-10-8-12(2)9-11-14/h8-11H,3-7H2,1-2H3. The zero-order chi connectivity index (χ0) is 12.9. The number of sulfone groups is 1. The molecule has 1 aromatic carbocycles. The summed E-state index contributed by atoms with van der Waals surface area (Å²) in [7, 11) is -3.33. The molecule has 0 heterocycles. The van der Waals surface area contributed by atoms with Crippen molar-refractivity contribution in [1.29, 1.82) is 0 Å². The van der Waals surface area contributed by atoms with Crippen LogP contribution in [0.4, 0.5) is 0 Å². The Labute approximate surface area is 104 Å². The van der Waals surface area contributed by atoms with E-state index in [1.165, 1.54) is 0 Å². The SMILES string of the molecule is C=C(CCCCC)S(=O)(=O)c1ccc(C)cc1. The minimum absolute atomic E-state index is 0.329. The van der Waals surface area contributed by atoms with Gasteiger partial charge in [-0.2, -0.15) is 0 Å². The number of hydrogen-bond donors (Lipinski definition) is 0. The largest absolute Gasteiger partial charge is 0.219 e. The molecule has 0 aliphatic rings. The molecule has 0 unspecified atom stereocenters. The maximum atomic E-state index is 12.1. The van der Waals surface area contributed by atoms with E-state index < -0.39 is 9.84 Å². The van der Waals surface area contributed by atoms with E-state index in [1.807, 2.05) is 19.1 Å². The maximum absolute atomic E-state index is 12.1. The van der Waals surface area contributed by atoms with Crippen molar-refractivity contribution in [3.05, 3.63) is 41.3 Å². The van der Waals surface area contributed by atoms with Gasteiger partial charge in [-0.05, 0) is 31.9 Å². The molecule has 3 heteroatoms. The van der Waals surface area contributed by atoms with Crippen LogP contribution >= 0.6 is 0 Å². The van der Waals surface area contributed by atoms with Gasteiger partial charge in [0.15, 0.2) is 0 Å². The number of rotatable bonds is 6. The quantitative estimate of drug-likeness (QED) is 0.720. The molecule has 0 saturated heterocycles. The summed E-state index contributed by atoms with van der Waals surface area (Å²) in [5, 5.41) is 0. The molecule has 94 valence electrons. The first-order valence-electron chi connectivity index (χ1n) is 5.98. The van der Waals surface area contributed by atoms with E-state index in [0.717, 1.165) is 24.8 Å². The Morgan fingerprint density at radius 3 is 2.29 bits per heavy atom. The molecule has 0 saturated carbocycles. The van der Waals surface area contributed by atoms with Crippen LogP contribution in [0.15, 0.2) is 40.6 Å². The fourth-order valence-electron chi connectivity index (χ4n) is 1.59. The van der Waals surface area contributed by atoms with Crippen molar-refractivity contribution in [1.82, 2.24) is 0 Å². The summed E-state index contributed by atoms with van der Waals surface area (Å²) in [5.41, 5.74) is 1.06. The summed E-state index contributed by atoms with van der Waals surface area (Å²) in [5.74, 6) is 0. The van der Waals surface area contributed by atoms with Crippen molar-refractivity contribution >= 4 is 9.84 Å². The molecule has 0 amide bonds. The lowest BCUT2D eigenvalue weighted by Gasteiger charge is -2.07. The second-order valence-corrected chi connectivity index (χ2v) is 6.37.